The average Bonchev–Trinajstić information content (AvgIpc) is 1.89. The van der Waals surface area contributed by atoms with Crippen molar-refractivity contribution in [1.82, 2.24) is 0 Å². The van der Waals surface area contributed by atoms with Gasteiger partial charge in [0.1, 0.15) is 0 Å². The van der Waals surface area contributed by atoms with E-state index in [1.54, 1.807) is 0 Å². The van der Waals surface area contributed by atoms with Gasteiger partial charge in [-0.1, -0.05) is 51.9 Å². The Hall–Kier alpha value is 1.21. The maximum atomic E-state index is 11.8. The van der Waals surface area contributed by atoms with Crippen LogP contribution in [0.15, 0.2) is 0 Å². The minimum atomic E-state index is -0.571. The summed E-state index contributed by atoms with van der Waals surface area (Å²) in [6.45, 7) is 4.11. The molecule has 0 aliphatic heterocycles. The molecule has 0 spiro atoms. The molecule has 1 rings (SSSR count). The molecule has 0 saturated heterocycles. The van der Waals surface area contributed by atoms with Crippen molar-refractivity contribution in [1.29, 1.82) is 0 Å². The van der Waals surface area contributed by atoms with Crippen LogP contribution in [0.2, 0.25) is 0 Å². The fourth-order valence-electron chi connectivity index (χ4n) is 1.73. The Morgan fingerprint density at radius 2 is 1.50 bits per heavy atom. The van der Waals surface area contributed by atoms with Gasteiger partial charge in [-0.05, 0) is 0 Å². The fraction of sp³-hybridized carbons (Fsp3) is 1.00. The maximum absolute atomic E-state index is 11.8. The van der Waals surface area contributed by atoms with Crippen molar-refractivity contribution in [2.45, 2.75) is 51.6 Å². The van der Waals surface area contributed by atoms with E-state index < -0.39 is 5.60 Å². The standard InChI is InChI=1S/C9H17O.BrH.Mg/c1-8(2)9(10)6-4-3-5-7-9;;/h8H,3-7H2,1-2H3;1H;/q-1;;+2/p-1. The van der Waals surface area contributed by atoms with E-state index in [2.05, 4.69) is 13.8 Å². The molecule has 0 amide bonds. The second-order valence-electron chi connectivity index (χ2n) is 3.78. The normalized spacial score (nSPS) is 21.0. The molecule has 0 bridgehead atoms. The van der Waals surface area contributed by atoms with E-state index in [1.165, 1.54) is 6.42 Å². The summed E-state index contributed by atoms with van der Waals surface area (Å²) in [7, 11) is 0. The van der Waals surface area contributed by atoms with E-state index in [0.29, 0.717) is 5.92 Å². The molecular formula is C9H17BrMgO. The Bertz CT molecular complexity index is 111. The van der Waals surface area contributed by atoms with Crippen molar-refractivity contribution in [3.05, 3.63) is 0 Å². The quantitative estimate of drug-likeness (QED) is 0.507. The minimum absolute atomic E-state index is 0. The van der Waals surface area contributed by atoms with Crippen LogP contribution < -0.4 is 22.1 Å². The van der Waals surface area contributed by atoms with Gasteiger partial charge in [-0.25, -0.2) is 0 Å². The van der Waals surface area contributed by atoms with Crippen LogP contribution >= 0.6 is 0 Å². The molecule has 1 fully saturated rings. The third-order valence-electron chi connectivity index (χ3n) is 2.75. The number of hydrogen-bond donors (Lipinski definition) is 0. The molecule has 12 heavy (non-hydrogen) atoms. The van der Waals surface area contributed by atoms with Gasteiger partial charge in [-0.2, -0.15) is 0 Å². The van der Waals surface area contributed by atoms with Gasteiger partial charge in [0.2, 0.25) is 0 Å². The Balaban J connectivity index is 0. The Kier molecular flexibility index (Phi) is 8.66. The smallest absolute Gasteiger partial charge is 1.00 e. The minimum Gasteiger partial charge on any atom is -1.00 e. The van der Waals surface area contributed by atoms with E-state index in [9.17, 15) is 5.11 Å². The van der Waals surface area contributed by atoms with Gasteiger partial charge in [-0.3, -0.25) is 0 Å². The SMILES string of the molecule is CC(C)C1([O-])CCCCC1.[Br-].[Mg+2]. The summed E-state index contributed by atoms with van der Waals surface area (Å²) < 4.78 is 0. The second-order valence-corrected chi connectivity index (χ2v) is 3.78. The predicted octanol–water partition coefficient (Wildman–Crippen LogP) is -1.67. The van der Waals surface area contributed by atoms with E-state index in [0.717, 1.165) is 25.7 Å². The van der Waals surface area contributed by atoms with Crippen LogP contribution in [0.25, 0.3) is 0 Å². The molecule has 0 aromatic heterocycles. The van der Waals surface area contributed by atoms with E-state index in [1.807, 2.05) is 0 Å². The molecule has 0 atom stereocenters. The van der Waals surface area contributed by atoms with Crippen molar-refractivity contribution in [3.8, 4) is 0 Å². The van der Waals surface area contributed by atoms with Crippen LogP contribution in [0.4, 0.5) is 0 Å². The first kappa shape index (κ1) is 15.7. The van der Waals surface area contributed by atoms with Crippen molar-refractivity contribution in [2.24, 2.45) is 5.92 Å². The molecule has 3 heteroatoms. The molecule has 0 N–H and O–H groups in total. The third kappa shape index (κ3) is 3.94. The molecule has 0 aromatic carbocycles. The van der Waals surface area contributed by atoms with Gasteiger partial charge in [0.15, 0.2) is 0 Å². The maximum Gasteiger partial charge on any atom is 2.00 e. The summed E-state index contributed by atoms with van der Waals surface area (Å²) in [5.41, 5.74) is -0.571. The number of hydrogen-bond acceptors (Lipinski definition) is 1. The molecule has 1 aliphatic rings. The van der Waals surface area contributed by atoms with Crippen molar-refractivity contribution in [2.75, 3.05) is 0 Å². The predicted molar refractivity (Wildman–Crippen MR) is 46.4 cm³/mol. The van der Waals surface area contributed by atoms with Crippen molar-refractivity contribution >= 4 is 23.1 Å². The van der Waals surface area contributed by atoms with E-state index >= 15 is 0 Å². The Labute approximate surface area is 102 Å². The van der Waals surface area contributed by atoms with Gasteiger partial charge in [0.05, 0.1) is 0 Å². The topological polar surface area (TPSA) is 23.1 Å². The molecule has 1 aliphatic carbocycles. The van der Waals surface area contributed by atoms with Crippen LogP contribution in [-0.2, 0) is 0 Å². The van der Waals surface area contributed by atoms with Gasteiger partial charge < -0.3 is 22.1 Å². The zero-order chi connectivity index (χ0) is 7.61. The summed E-state index contributed by atoms with van der Waals surface area (Å²) in [5, 5.41) is 11.8. The van der Waals surface area contributed by atoms with Crippen molar-refractivity contribution in [3.63, 3.8) is 0 Å². The van der Waals surface area contributed by atoms with Crippen LogP contribution in [-0.4, -0.2) is 28.7 Å². The first-order chi connectivity index (χ1) is 4.65. The summed E-state index contributed by atoms with van der Waals surface area (Å²) in [6, 6.07) is 0. The molecule has 1 nitrogen and oxygen atoms in total. The van der Waals surface area contributed by atoms with E-state index in [-0.39, 0.29) is 40.0 Å². The first-order valence-electron chi connectivity index (χ1n) is 4.35. The third-order valence-corrected chi connectivity index (χ3v) is 2.75. The van der Waals surface area contributed by atoms with Gasteiger partial charge in [0, 0.05) is 0 Å². The zero-order valence-electron chi connectivity index (χ0n) is 8.11. The molecule has 0 heterocycles. The second kappa shape index (κ2) is 6.63. The summed E-state index contributed by atoms with van der Waals surface area (Å²) in [6.07, 6.45) is 5.40. The van der Waals surface area contributed by atoms with Gasteiger partial charge in [0.25, 0.3) is 0 Å². The molecule has 68 valence electrons. The summed E-state index contributed by atoms with van der Waals surface area (Å²) in [5.74, 6) is 0.327. The average molecular weight is 245 g/mol. The molecule has 0 unspecified atom stereocenters. The Morgan fingerprint density at radius 3 is 1.75 bits per heavy atom. The summed E-state index contributed by atoms with van der Waals surface area (Å²) in [4.78, 5) is 0. The first-order valence-corrected chi connectivity index (χ1v) is 4.35. The monoisotopic (exact) mass is 244 g/mol. The van der Waals surface area contributed by atoms with Crippen LogP contribution in [0.5, 0.6) is 0 Å². The van der Waals surface area contributed by atoms with Crippen LogP contribution in [0.1, 0.15) is 46.0 Å². The molecule has 1 saturated carbocycles. The fourth-order valence-corrected chi connectivity index (χ4v) is 1.73. The van der Waals surface area contributed by atoms with Gasteiger partial charge >= 0.3 is 23.1 Å². The summed E-state index contributed by atoms with van der Waals surface area (Å²) >= 11 is 0. The zero-order valence-corrected chi connectivity index (χ0v) is 11.1. The Morgan fingerprint density at radius 1 is 1.08 bits per heavy atom. The molecular weight excluding hydrogens is 228 g/mol. The van der Waals surface area contributed by atoms with Crippen LogP contribution in [0.3, 0.4) is 0 Å². The number of halogens is 1. The van der Waals surface area contributed by atoms with Crippen molar-refractivity contribution < 1.29 is 22.1 Å². The van der Waals surface area contributed by atoms with Crippen LogP contribution in [0, 0.1) is 5.92 Å². The largest absolute Gasteiger partial charge is 2.00 e. The van der Waals surface area contributed by atoms with E-state index in [4.69, 9.17) is 0 Å². The van der Waals surface area contributed by atoms with Gasteiger partial charge in [-0.15, -0.1) is 5.60 Å². The molecule has 0 aromatic rings. The number of rotatable bonds is 1. The molecule has 0 radical (unpaired) electrons.